The van der Waals surface area contributed by atoms with Gasteiger partial charge in [0.15, 0.2) is 0 Å². The maximum absolute atomic E-state index is 12.7. The Morgan fingerprint density at radius 1 is 1.33 bits per heavy atom. The Morgan fingerprint density at radius 3 is 2.74 bits per heavy atom. The van der Waals surface area contributed by atoms with Gasteiger partial charge in [0.05, 0.1) is 18.7 Å². The molecule has 144 valence electrons. The van der Waals surface area contributed by atoms with Gasteiger partial charge in [-0.1, -0.05) is 23.4 Å². The van der Waals surface area contributed by atoms with Crippen molar-refractivity contribution < 1.29 is 9.90 Å². The lowest BCUT2D eigenvalue weighted by Crippen LogP contribution is -2.57. The Kier molecular flexibility index (Phi) is 4.74. The molecular formula is C20H27N5O2. The Labute approximate surface area is 159 Å². The van der Waals surface area contributed by atoms with Crippen molar-refractivity contribution in [3.63, 3.8) is 0 Å². The van der Waals surface area contributed by atoms with E-state index in [1.165, 1.54) is 0 Å². The highest BCUT2D eigenvalue weighted by atomic mass is 16.3. The predicted octanol–water partition coefficient (Wildman–Crippen LogP) is 1.85. The van der Waals surface area contributed by atoms with Crippen LogP contribution in [0.5, 0.6) is 0 Å². The second kappa shape index (κ2) is 7.05. The van der Waals surface area contributed by atoms with Gasteiger partial charge in [-0.25, -0.2) is 0 Å². The topological polar surface area (TPSA) is 83.3 Å². The van der Waals surface area contributed by atoms with Gasteiger partial charge >= 0.3 is 0 Å². The first-order valence-corrected chi connectivity index (χ1v) is 9.63. The number of nitrogens with zero attached hydrogens (tertiary/aromatic N) is 4. The molecule has 1 aromatic heterocycles. The third-order valence-corrected chi connectivity index (χ3v) is 5.82. The van der Waals surface area contributed by atoms with Crippen LogP contribution in [0.25, 0.3) is 0 Å². The molecule has 1 aromatic carbocycles. The maximum atomic E-state index is 12.7. The highest BCUT2D eigenvalue weighted by molar-refractivity contribution is 5.93. The molecule has 7 heteroatoms. The van der Waals surface area contributed by atoms with Crippen LogP contribution >= 0.6 is 0 Å². The molecule has 0 radical (unpaired) electrons. The molecule has 2 N–H and O–H groups in total. The number of carbonyl (C=O) groups excluding carboxylic acids is 1. The summed E-state index contributed by atoms with van der Waals surface area (Å²) in [6.07, 6.45) is 3.88. The van der Waals surface area contributed by atoms with Crippen molar-refractivity contribution in [3.8, 4) is 0 Å². The van der Waals surface area contributed by atoms with Crippen molar-refractivity contribution in [3.05, 3.63) is 42.2 Å². The van der Waals surface area contributed by atoms with E-state index in [4.69, 9.17) is 0 Å². The number of rotatable bonds is 5. The van der Waals surface area contributed by atoms with E-state index in [2.05, 4.69) is 20.5 Å². The average molecular weight is 369 g/mol. The Balaban J connectivity index is 1.39. The van der Waals surface area contributed by atoms with Crippen LogP contribution in [0.2, 0.25) is 0 Å². The highest BCUT2D eigenvalue weighted by Gasteiger charge is 2.43. The summed E-state index contributed by atoms with van der Waals surface area (Å²) in [5, 5.41) is 21.4. The summed E-state index contributed by atoms with van der Waals surface area (Å²) in [6.45, 7) is 5.98. The number of benzene rings is 1. The molecule has 3 fully saturated rings. The number of fused-ring (bicyclic) bond motifs is 3. The number of anilines is 1. The number of nitrogens with one attached hydrogen (secondary N) is 1. The summed E-state index contributed by atoms with van der Waals surface area (Å²) in [6, 6.07) is 10.0. The lowest BCUT2D eigenvalue weighted by Gasteiger charge is -2.49. The molecule has 2 aromatic rings. The first-order valence-electron chi connectivity index (χ1n) is 9.63. The molecule has 3 aliphatic rings. The SMILES string of the molecule is CC(C)(O)c1cn(CC2CC3CCN2CC3C(=O)Nc2ccccc2)nn1. The van der Waals surface area contributed by atoms with Crippen LogP contribution < -0.4 is 5.32 Å². The van der Waals surface area contributed by atoms with Gasteiger partial charge in [-0.2, -0.15) is 0 Å². The van der Waals surface area contributed by atoms with Crippen LogP contribution in [-0.4, -0.2) is 50.0 Å². The van der Waals surface area contributed by atoms with E-state index < -0.39 is 5.60 Å². The molecule has 1 amide bonds. The number of aliphatic hydroxyl groups is 1. The van der Waals surface area contributed by atoms with Crippen molar-refractivity contribution in [1.29, 1.82) is 0 Å². The van der Waals surface area contributed by atoms with Crippen LogP contribution in [0.4, 0.5) is 5.69 Å². The van der Waals surface area contributed by atoms with Crippen molar-refractivity contribution in [2.45, 2.75) is 44.9 Å². The maximum Gasteiger partial charge on any atom is 0.229 e. The third kappa shape index (κ3) is 3.89. The Morgan fingerprint density at radius 2 is 2.11 bits per heavy atom. The largest absolute Gasteiger partial charge is 0.384 e. The molecule has 0 saturated carbocycles. The van der Waals surface area contributed by atoms with Gasteiger partial charge in [0.2, 0.25) is 5.91 Å². The summed E-state index contributed by atoms with van der Waals surface area (Å²) in [4.78, 5) is 15.1. The highest BCUT2D eigenvalue weighted by Crippen LogP contribution is 2.37. The van der Waals surface area contributed by atoms with Gasteiger partial charge in [0.1, 0.15) is 11.3 Å². The number of hydrogen-bond acceptors (Lipinski definition) is 5. The average Bonchev–Trinajstić information content (AvgIpc) is 3.12. The molecule has 0 spiro atoms. The molecule has 3 aliphatic heterocycles. The summed E-state index contributed by atoms with van der Waals surface area (Å²) in [7, 11) is 0. The third-order valence-electron chi connectivity index (χ3n) is 5.82. The number of amides is 1. The van der Waals surface area contributed by atoms with Gasteiger partial charge in [-0.05, 0) is 51.3 Å². The van der Waals surface area contributed by atoms with Crippen LogP contribution in [0.3, 0.4) is 0 Å². The molecule has 3 saturated heterocycles. The Bertz CT molecular complexity index is 798. The molecular weight excluding hydrogens is 342 g/mol. The standard InChI is InChI=1S/C20H27N5O2/c1-20(2,27)18-13-25(23-22-18)11-16-10-14-8-9-24(16)12-17(14)19(26)21-15-6-4-3-5-7-15/h3-7,13-14,16-17,27H,8-12H2,1-2H3,(H,21,26). The van der Waals surface area contributed by atoms with E-state index in [-0.39, 0.29) is 11.8 Å². The minimum absolute atomic E-state index is 0.0397. The smallest absolute Gasteiger partial charge is 0.229 e. The second-order valence-corrected chi connectivity index (χ2v) is 8.28. The second-order valence-electron chi connectivity index (χ2n) is 8.28. The van der Waals surface area contributed by atoms with Crippen LogP contribution in [0.15, 0.2) is 36.5 Å². The molecule has 4 unspecified atom stereocenters. The molecule has 2 bridgehead atoms. The summed E-state index contributed by atoms with van der Waals surface area (Å²) >= 11 is 0. The van der Waals surface area contributed by atoms with Gasteiger partial charge in [0.25, 0.3) is 0 Å². The van der Waals surface area contributed by atoms with E-state index in [0.717, 1.165) is 38.2 Å². The predicted molar refractivity (Wildman–Crippen MR) is 102 cm³/mol. The minimum atomic E-state index is -0.981. The van der Waals surface area contributed by atoms with Crippen molar-refractivity contribution in [1.82, 2.24) is 19.9 Å². The van der Waals surface area contributed by atoms with E-state index in [1.807, 2.05) is 41.2 Å². The number of aromatic nitrogens is 3. The number of carbonyl (C=O) groups is 1. The van der Waals surface area contributed by atoms with E-state index >= 15 is 0 Å². The van der Waals surface area contributed by atoms with Gasteiger partial charge in [0, 0.05) is 18.3 Å². The van der Waals surface area contributed by atoms with Gasteiger partial charge in [-0.15, -0.1) is 5.10 Å². The van der Waals surface area contributed by atoms with Crippen molar-refractivity contribution in [2.75, 3.05) is 18.4 Å². The lowest BCUT2D eigenvalue weighted by atomic mass is 9.75. The zero-order chi connectivity index (χ0) is 19.0. The normalized spacial score (nSPS) is 27.5. The molecule has 5 rings (SSSR count). The first-order chi connectivity index (χ1) is 12.9. The quantitative estimate of drug-likeness (QED) is 0.840. The first kappa shape index (κ1) is 18.1. The number of piperidine rings is 3. The summed E-state index contributed by atoms with van der Waals surface area (Å²) in [5.74, 6) is 0.568. The van der Waals surface area contributed by atoms with Crippen LogP contribution in [0, 0.1) is 11.8 Å². The minimum Gasteiger partial charge on any atom is -0.384 e. The fourth-order valence-electron chi connectivity index (χ4n) is 4.27. The van der Waals surface area contributed by atoms with Crippen LogP contribution in [-0.2, 0) is 16.9 Å². The van der Waals surface area contributed by atoms with Crippen molar-refractivity contribution in [2.24, 2.45) is 11.8 Å². The fourth-order valence-corrected chi connectivity index (χ4v) is 4.27. The number of hydrogen-bond donors (Lipinski definition) is 2. The monoisotopic (exact) mass is 369 g/mol. The zero-order valence-corrected chi connectivity index (χ0v) is 15.9. The number of para-hydroxylation sites is 1. The van der Waals surface area contributed by atoms with E-state index in [9.17, 15) is 9.90 Å². The molecule has 7 nitrogen and oxygen atoms in total. The van der Waals surface area contributed by atoms with Crippen LogP contribution in [0.1, 0.15) is 32.4 Å². The molecule has 0 aliphatic carbocycles. The molecule has 4 atom stereocenters. The fraction of sp³-hybridized carbons (Fsp3) is 0.550. The molecule has 27 heavy (non-hydrogen) atoms. The van der Waals surface area contributed by atoms with E-state index in [0.29, 0.717) is 17.7 Å². The Hall–Kier alpha value is -2.25. The van der Waals surface area contributed by atoms with E-state index in [1.54, 1.807) is 13.8 Å². The van der Waals surface area contributed by atoms with Gasteiger partial charge in [-0.3, -0.25) is 14.4 Å². The lowest BCUT2D eigenvalue weighted by molar-refractivity contribution is -0.127. The zero-order valence-electron chi connectivity index (χ0n) is 15.9. The van der Waals surface area contributed by atoms with Crippen molar-refractivity contribution >= 4 is 11.6 Å². The summed E-state index contributed by atoms with van der Waals surface area (Å²) in [5.41, 5.74) is 0.459. The molecule has 4 heterocycles. The van der Waals surface area contributed by atoms with Gasteiger partial charge < -0.3 is 10.4 Å². The summed E-state index contributed by atoms with van der Waals surface area (Å²) < 4.78 is 1.82.